The molecule has 0 spiro atoms. The van der Waals surface area contributed by atoms with Crippen LogP contribution in [-0.4, -0.2) is 48.6 Å². The third-order valence-electron chi connectivity index (χ3n) is 5.78. The molecule has 0 aliphatic carbocycles. The van der Waals surface area contributed by atoms with Gasteiger partial charge in [-0.25, -0.2) is 0 Å². The van der Waals surface area contributed by atoms with Gasteiger partial charge in [-0.15, -0.1) is 0 Å². The lowest BCUT2D eigenvalue weighted by molar-refractivity contribution is -0.131. The Balaban J connectivity index is 1.37. The highest BCUT2D eigenvalue weighted by Gasteiger charge is 2.55. The Morgan fingerprint density at radius 3 is 3.04 bits per heavy atom. The lowest BCUT2D eigenvalue weighted by atomic mass is 9.80. The lowest BCUT2D eigenvalue weighted by Crippen LogP contribution is -2.46. The Labute approximate surface area is 166 Å². The van der Waals surface area contributed by atoms with Gasteiger partial charge in [-0.05, 0) is 30.2 Å². The molecule has 2 fully saturated rings. The van der Waals surface area contributed by atoms with Crippen molar-refractivity contribution in [2.75, 3.05) is 32.8 Å². The highest BCUT2D eigenvalue weighted by Crippen LogP contribution is 2.41. The Hall–Kier alpha value is -2.50. The van der Waals surface area contributed by atoms with E-state index in [4.69, 9.17) is 4.74 Å². The predicted molar refractivity (Wildman–Crippen MR) is 109 cm³/mol. The molecule has 0 bridgehead atoms. The van der Waals surface area contributed by atoms with Gasteiger partial charge in [-0.3, -0.25) is 14.7 Å². The third-order valence-corrected chi connectivity index (χ3v) is 5.78. The Kier molecular flexibility index (Phi) is 5.55. The van der Waals surface area contributed by atoms with Gasteiger partial charge in [0.25, 0.3) is 0 Å². The maximum atomic E-state index is 13.1. The minimum absolute atomic E-state index is 0.110. The van der Waals surface area contributed by atoms with Crippen molar-refractivity contribution in [2.45, 2.75) is 13.5 Å². The molecule has 2 atom stereocenters. The zero-order valence-corrected chi connectivity index (χ0v) is 16.3. The van der Waals surface area contributed by atoms with Crippen LogP contribution in [0.25, 0.3) is 6.08 Å². The molecule has 0 radical (unpaired) electrons. The van der Waals surface area contributed by atoms with Crippen molar-refractivity contribution >= 4 is 12.0 Å². The van der Waals surface area contributed by atoms with Crippen molar-refractivity contribution in [3.05, 3.63) is 71.6 Å². The minimum atomic E-state index is -0.428. The number of carbonyl (C=O) groups excluding carboxylic acids is 1. The summed E-state index contributed by atoms with van der Waals surface area (Å²) in [6.45, 7) is 6.18. The molecule has 2 aromatic rings. The molecule has 146 valence electrons. The first-order chi connectivity index (χ1) is 13.7. The number of amides is 1. The highest BCUT2D eigenvalue weighted by molar-refractivity contribution is 5.84. The summed E-state index contributed by atoms with van der Waals surface area (Å²) in [6, 6.07) is 14.3. The van der Waals surface area contributed by atoms with E-state index in [9.17, 15) is 4.79 Å². The van der Waals surface area contributed by atoms with Crippen LogP contribution in [0.4, 0.5) is 0 Å². The first kappa shape index (κ1) is 18.8. The van der Waals surface area contributed by atoms with E-state index in [1.807, 2.05) is 37.3 Å². The molecular weight excluding hydrogens is 350 g/mol. The number of likely N-dealkylation sites (tertiary alicyclic amines) is 1. The Bertz CT molecular complexity index is 852. The van der Waals surface area contributed by atoms with E-state index < -0.39 is 5.41 Å². The second-order valence-corrected chi connectivity index (χ2v) is 7.86. The number of benzene rings is 1. The van der Waals surface area contributed by atoms with Crippen molar-refractivity contribution in [1.82, 2.24) is 15.2 Å². The molecule has 5 heteroatoms. The van der Waals surface area contributed by atoms with E-state index in [1.165, 1.54) is 5.56 Å². The van der Waals surface area contributed by atoms with Gasteiger partial charge in [0.05, 0.1) is 18.6 Å². The zero-order chi connectivity index (χ0) is 19.4. The van der Waals surface area contributed by atoms with E-state index in [0.717, 1.165) is 30.9 Å². The van der Waals surface area contributed by atoms with E-state index in [1.54, 1.807) is 6.20 Å². The van der Waals surface area contributed by atoms with Gasteiger partial charge >= 0.3 is 0 Å². The number of rotatable bonds is 6. The Morgan fingerprint density at radius 2 is 2.21 bits per heavy atom. The van der Waals surface area contributed by atoms with Crippen molar-refractivity contribution < 1.29 is 9.53 Å². The number of fused-ring (bicyclic) bond motifs is 1. The van der Waals surface area contributed by atoms with Crippen molar-refractivity contribution in [3.63, 3.8) is 0 Å². The van der Waals surface area contributed by atoms with Crippen LogP contribution in [0.5, 0.6) is 0 Å². The molecule has 3 heterocycles. The van der Waals surface area contributed by atoms with Crippen molar-refractivity contribution in [2.24, 2.45) is 11.3 Å². The number of nitrogens with zero attached hydrogens (tertiary/aromatic N) is 2. The summed E-state index contributed by atoms with van der Waals surface area (Å²) >= 11 is 0. The number of nitrogens with one attached hydrogen (secondary N) is 1. The van der Waals surface area contributed by atoms with Gasteiger partial charge in [0.15, 0.2) is 0 Å². The van der Waals surface area contributed by atoms with Crippen LogP contribution in [0.2, 0.25) is 0 Å². The molecule has 1 N–H and O–H groups in total. The molecule has 2 aliphatic heterocycles. The minimum Gasteiger partial charge on any atom is -0.380 e. The van der Waals surface area contributed by atoms with E-state index in [-0.39, 0.29) is 11.8 Å². The predicted octanol–water partition coefficient (Wildman–Crippen LogP) is 2.67. The summed E-state index contributed by atoms with van der Waals surface area (Å²) in [7, 11) is 0. The summed E-state index contributed by atoms with van der Waals surface area (Å²) in [5.74, 6) is 0.371. The van der Waals surface area contributed by atoms with Gasteiger partial charge in [0.2, 0.25) is 5.91 Å². The largest absolute Gasteiger partial charge is 0.380 e. The number of hydrogen-bond donors (Lipinski definition) is 1. The summed E-state index contributed by atoms with van der Waals surface area (Å²) in [5.41, 5.74) is 2.81. The van der Waals surface area contributed by atoms with Crippen LogP contribution in [0, 0.1) is 18.3 Å². The average molecular weight is 377 g/mol. The molecule has 2 saturated heterocycles. The smallest absolute Gasteiger partial charge is 0.230 e. The number of ether oxygens (including phenoxy) is 1. The molecule has 0 saturated carbocycles. The van der Waals surface area contributed by atoms with Crippen LogP contribution in [0.15, 0.2) is 54.7 Å². The number of aromatic nitrogens is 1. The van der Waals surface area contributed by atoms with Crippen molar-refractivity contribution in [3.8, 4) is 0 Å². The normalized spacial score (nSPS) is 24.5. The lowest BCUT2D eigenvalue weighted by Gasteiger charge is -2.26. The topological polar surface area (TPSA) is 54.5 Å². The number of pyridine rings is 1. The second kappa shape index (κ2) is 8.25. The van der Waals surface area contributed by atoms with Crippen LogP contribution in [0.3, 0.4) is 0 Å². The molecule has 2 aliphatic rings. The number of carbonyl (C=O) groups is 1. The van der Waals surface area contributed by atoms with Gasteiger partial charge in [0.1, 0.15) is 0 Å². The van der Waals surface area contributed by atoms with Crippen LogP contribution in [-0.2, 0) is 16.1 Å². The van der Waals surface area contributed by atoms with Gasteiger partial charge < -0.3 is 10.1 Å². The van der Waals surface area contributed by atoms with Crippen molar-refractivity contribution in [1.29, 1.82) is 0 Å². The van der Waals surface area contributed by atoms with E-state index >= 15 is 0 Å². The van der Waals surface area contributed by atoms with E-state index in [0.29, 0.717) is 19.8 Å². The molecule has 1 amide bonds. The van der Waals surface area contributed by atoms with Crippen LogP contribution < -0.4 is 5.32 Å². The van der Waals surface area contributed by atoms with Gasteiger partial charge in [-0.2, -0.15) is 0 Å². The van der Waals surface area contributed by atoms with Crippen LogP contribution in [0.1, 0.15) is 16.8 Å². The first-order valence-corrected chi connectivity index (χ1v) is 9.87. The van der Waals surface area contributed by atoms with E-state index in [2.05, 4.69) is 39.5 Å². The molecule has 1 aromatic heterocycles. The average Bonchev–Trinajstić information content (AvgIpc) is 3.25. The molecule has 0 unspecified atom stereocenters. The third kappa shape index (κ3) is 4.01. The maximum absolute atomic E-state index is 13.1. The standard InChI is InChI=1S/C23H27N3O2/c1-18-12-20(9-10-24-18)13-25-22(27)23-16-26(14-21(23)15-28-17-23)11-5-8-19-6-3-2-4-7-19/h2-10,12,21H,11,13-17H2,1H3,(H,25,27)/t21-,23-/m1/s1. The molecule has 4 rings (SSSR count). The summed E-state index contributed by atoms with van der Waals surface area (Å²) in [4.78, 5) is 19.7. The monoisotopic (exact) mass is 377 g/mol. The summed E-state index contributed by atoms with van der Waals surface area (Å²) in [6.07, 6.45) is 6.11. The molecule has 28 heavy (non-hydrogen) atoms. The van der Waals surface area contributed by atoms with Gasteiger partial charge in [-0.1, -0.05) is 42.5 Å². The van der Waals surface area contributed by atoms with Crippen LogP contribution >= 0.6 is 0 Å². The first-order valence-electron chi connectivity index (χ1n) is 9.87. The Morgan fingerprint density at radius 1 is 1.36 bits per heavy atom. The highest BCUT2D eigenvalue weighted by atomic mass is 16.5. The summed E-state index contributed by atoms with van der Waals surface area (Å²) in [5, 5.41) is 3.14. The fraction of sp³-hybridized carbons (Fsp3) is 0.391. The summed E-state index contributed by atoms with van der Waals surface area (Å²) < 4.78 is 5.71. The fourth-order valence-electron chi connectivity index (χ4n) is 4.27. The SMILES string of the molecule is Cc1cc(CNC(=O)[C@]23COC[C@H]2CN(CC=Cc2ccccc2)C3)ccn1. The van der Waals surface area contributed by atoms with Gasteiger partial charge in [0, 0.05) is 44.0 Å². The molecule has 1 aromatic carbocycles. The molecule has 5 nitrogen and oxygen atoms in total. The quantitative estimate of drug-likeness (QED) is 0.841. The second-order valence-electron chi connectivity index (χ2n) is 7.86. The maximum Gasteiger partial charge on any atom is 0.230 e. The molecular formula is C23H27N3O2. The zero-order valence-electron chi connectivity index (χ0n) is 16.3. The number of hydrogen-bond acceptors (Lipinski definition) is 4. The number of aryl methyl sites for hydroxylation is 1. The fourth-order valence-corrected chi connectivity index (χ4v) is 4.27.